The van der Waals surface area contributed by atoms with Crippen LogP contribution in [0.5, 0.6) is 0 Å². The minimum Gasteiger partial charge on any atom is -0.444 e. The lowest BCUT2D eigenvalue weighted by Crippen LogP contribution is -2.36. The quantitative estimate of drug-likeness (QED) is 0.390. The van der Waals surface area contributed by atoms with Crippen LogP contribution in [0.2, 0.25) is 10.0 Å². The van der Waals surface area contributed by atoms with E-state index in [4.69, 9.17) is 32.4 Å². The van der Waals surface area contributed by atoms with E-state index in [9.17, 15) is 4.79 Å². The molecule has 164 valence electrons. The molecular weight excluding hydrogens is 457 g/mol. The lowest BCUT2D eigenvalue weighted by molar-refractivity contribution is 0.0494. The lowest BCUT2D eigenvalue weighted by Gasteiger charge is -2.22. The predicted octanol–water partition coefficient (Wildman–Crippen LogP) is 6.48. The highest BCUT2D eigenvalue weighted by Crippen LogP contribution is 2.28. The maximum atomic E-state index is 12.4. The second kappa shape index (κ2) is 10.4. The van der Waals surface area contributed by atoms with E-state index in [0.29, 0.717) is 33.3 Å². The number of halogens is 2. The SMILES string of the molecule is CC(C)(C)OC(=O)NC(Cc1ccccc1)c1nnc(SCc2ccc(Cl)c(Cl)c2)o1. The molecule has 0 aliphatic carbocycles. The number of benzene rings is 2. The van der Waals surface area contributed by atoms with Crippen molar-refractivity contribution < 1.29 is 13.9 Å². The van der Waals surface area contributed by atoms with Crippen LogP contribution in [0.25, 0.3) is 0 Å². The van der Waals surface area contributed by atoms with Gasteiger partial charge in [0.05, 0.1) is 10.0 Å². The number of ether oxygens (including phenoxy) is 1. The van der Waals surface area contributed by atoms with Gasteiger partial charge in [-0.25, -0.2) is 4.79 Å². The van der Waals surface area contributed by atoms with Crippen molar-refractivity contribution in [3.05, 3.63) is 75.6 Å². The monoisotopic (exact) mass is 479 g/mol. The number of aromatic nitrogens is 2. The van der Waals surface area contributed by atoms with Crippen molar-refractivity contribution in [1.82, 2.24) is 15.5 Å². The first kappa shape index (κ1) is 23.4. The molecule has 1 amide bonds. The zero-order chi connectivity index (χ0) is 22.4. The summed E-state index contributed by atoms with van der Waals surface area (Å²) in [5.41, 5.74) is 1.38. The Morgan fingerprint density at radius 3 is 2.52 bits per heavy atom. The third kappa shape index (κ3) is 7.45. The molecule has 0 saturated carbocycles. The Bertz CT molecular complexity index is 1020. The van der Waals surface area contributed by atoms with Gasteiger partial charge < -0.3 is 14.5 Å². The van der Waals surface area contributed by atoms with Gasteiger partial charge in [-0.1, -0.05) is 71.4 Å². The van der Waals surface area contributed by atoms with Crippen molar-refractivity contribution in [1.29, 1.82) is 0 Å². The summed E-state index contributed by atoms with van der Waals surface area (Å²) in [5.74, 6) is 0.896. The van der Waals surface area contributed by atoms with Crippen LogP contribution in [0, 0.1) is 0 Å². The molecule has 1 atom stereocenters. The summed E-state index contributed by atoms with van der Waals surface area (Å²) in [5, 5.41) is 12.5. The minimum absolute atomic E-state index is 0.311. The Labute approximate surface area is 195 Å². The highest BCUT2D eigenvalue weighted by molar-refractivity contribution is 7.98. The Morgan fingerprint density at radius 2 is 1.84 bits per heavy atom. The second-order valence-corrected chi connectivity index (χ2v) is 9.57. The second-order valence-electron chi connectivity index (χ2n) is 7.83. The average Bonchev–Trinajstić information content (AvgIpc) is 3.17. The summed E-state index contributed by atoms with van der Waals surface area (Å²) in [6.07, 6.45) is -0.0595. The smallest absolute Gasteiger partial charge is 0.408 e. The molecule has 1 unspecified atom stereocenters. The maximum Gasteiger partial charge on any atom is 0.408 e. The van der Waals surface area contributed by atoms with E-state index >= 15 is 0 Å². The molecule has 9 heteroatoms. The molecule has 1 heterocycles. The molecular formula is C22H23Cl2N3O3S. The molecule has 0 aliphatic heterocycles. The molecule has 0 saturated heterocycles. The third-order valence-corrected chi connectivity index (χ3v) is 5.67. The van der Waals surface area contributed by atoms with Gasteiger partial charge in [-0.05, 0) is 44.0 Å². The number of carbonyl (C=O) groups excluding carboxylic acids is 1. The number of amides is 1. The number of hydrogen-bond donors (Lipinski definition) is 1. The Balaban J connectivity index is 1.71. The van der Waals surface area contributed by atoms with Gasteiger partial charge in [0.2, 0.25) is 5.89 Å². The van der Waals surface area contributed by atoms with Gasteiger partial charge in [-0.15, -0.1) is 10.2 Å². The molecule has 0 bridgehead atoms. The van der Waals surface area contributed by atoms with Crippen molar-refractivity contribution >= 4 is 41.1 Å². The number of nitrogens with zero attached hydrogens (tertiary/aromatic N) is 2. The zero-order valence-corrected chi connectivity index (χ0v) is 19.7. The van der Waals surface area contributed by atoms with Crippen LogP contribution in [0.15, 0.2) is 58.2 Å². The van der Waals surface area contributed by atoms with Crippen molar-refractivity contribution in [2.45, 2.75) is 49.8 Å². The number of thioether (sulfide) groups is 1. The summed E-state index contributed by atoms with van der Waals surface area (Å²) >= 11 is 13.4. The van der Waals surface area contributed by atoms with Crippen molar-refractivity contribution in [2.24, 2.45) is 0 Å². The fourth-order valence-corrected chi connectivity index (χ4v) is 3.73. The van der Waals surface area contributed by atoms with Gasteiger partial charge in [0, 0.05) is 12.2 Å². The van der Waals surface area contributed by atoms with E-state index in [1.807, 2.05) is 57.2 Å². The van der Waals surface area contributed by atoms with E-state index in [-0.39, 0.29) is 0 Å². The van der Waals surface area contributed by atoms with Crippen molar-refractivity contribution in [3.8, 4) is 0 Å². The molecule has 3 aromatic rings. The van der Waals surface area contributed by atoms with Gasteiger partial charge in [0.15, 0.2) is 0 Å². The van der Waals surface area contributed by atoms with Crippen LogP contribution in [-0.4, -0.2) is 21.9 Å². The number of rotatable bonds is 7. The summed E-state index contributed by atoms with van der Waals surface area (Å²) in [6, 6.07) is 14.7. The number of alkyl carbamates (subject to hydrolysis) is 1. The van der Waals surface area contributed by atoms with E-state index in [0.717, 1.165) is 11.1 Å². The van der Waals surface area contributed by atoms with Crippen molar-refractivity contribution in [3.63, 3.8) is 0 Å². The first-order valence-corrected chi connectivity index (χ1v) is 11.4. The third-order valence-electron chi connectivity index (χ3n) is 4.04. The predicted molar refractivity (Wildman–Crippen MR) is 123 cm³/mol. The summed E-state index contributed by atoms with van der Waals surface area (Å²) in [4.78, 5) is 12.4. The van der Waals surface area contributed by atoms with Crippen LogP contribution in [0.1, 0.15) is 43.8 Å². The van der Waals surface area contributed by atoms with Gasteiger partial charge in [-0.2, -0.15) is 0 Å². The van der Waals surface area contributed by atoms with Gasteiger partial charge in [0.25, 0.3) is 5.22 Å². The fraction of sp³-hybridized carbons (Fsp3) is 0.318. The molecule has 3 rings (SSSR count). The van der Waals surface area contributed by atoms with Gasteiger partial charge in [0.1, 0.15) is 11.6 Å². The van der Waals surface area contributed by atoms with Crippen LogP contribution in [0.3, 0.4) is 0 Å². The van der Waals surface area contributed by atoms with Crippen LogP contribution >= 0.6 is 35.0 Å². The topological polar surface area (TPSA) is 77.2 Å². The fourth-order valence-electron chi connectivity index (χ4n) is 2.69. The number of nitrogens with one attached hydrogen (secondary N) is 1. The highest BCUT2D eigenvalue weighted by Gasteiger charge is 2.25. The van der Waals surface area contributed by atoms with Gasteiger partial charge in [-0.3, -0.25) is 0 Å². The molecule has 6 nitrogen and oxygen atoms in total. The molecule has 31 heavy (non-hydrogen) atoms. The van der Waals surface area contributed by atoms with Crippen LogP contribution in [0.4, 0.5) is 4.79 Å². The summed E-state index contributed by atoms with van der Waals surface area (Å²) in [6.45, 7) is 5.43. The minimum atomic E-state index is -0.614. The molecule has 1 aromatic heterocycles. The highest BCUT2D eigenvalue weighted by atomic mass is 35.5. The zero-order valence-electron chi connectivity index (χ0n) is 17.4. The molecule has 1 N–H and O–H groups in total. The molecule has 0 fully saturated rings. The number of hydrogen-bond acceptors (Lipinski definition) is 6. The molecule has 0 spiro atoms. The first-order chi connectivity index (χ1) is 14.7. The molecule has 0 aliphatic rings. The van der Waals surface area contributed by atoms with E-state index in [1.54, 1.807) is 12.1 Å². The summed E-state index contributed by atoms with van der Waals surface area (Å²) in [7, 11) is 0. The normalized spacial score (nSPS) is 12.4. The standard InChI is InChI=1S/C22H23Cl2N3O3S/c1-22(2,3)30-20(28)25-18(12-14-7-5-4-6-8-14)19-26-27-21(29-19)31-13-15-9-10-16(23)17(24)11-15/h4-11,18H,12-13H2,1-3H3,(H,25,28). The van der Waals surface area contributed by atoms with E-state index in [1.165, 1.54) is 11.8 Å². The average molecular weight is 480 g/mol. The molecule has 0 radical (unpaired) electrons. The van der Waals surface area contributed by atoms with E-state index in [2.05, 4.69) is 15.5 Å². The summed E-state index contributed by atoms with van der Waals surface area (Å²) < 4.78 is 11.2. The van der Waals surface area contributed by atoms with Crippen molar-refractivity contribution in [2.75, 3.05) is 0 Å². The Morgan fingerprint density at radius 1 is 1.10 bits per heavy atom. The lowest BCUT2D eigenvalue weighted by atomic mass is 10.1. The largest absolute Gasteiger partial charge is 0.444 e. The number of carbonyl (C=O) groups is 1. The maximum absolute atomic E-state index is 12.4. The van der Waals surface area contributed by atoms with Crippen LogP contribution < -0.4 is 5.32 Å². The Kier molecular flexibility index (Phi) is 7.86. The first-order valence-electron chi connectivity index (χ1n) is 9.63. The van der Waals surface area contributed by atoms with Crippen LogP contribution in [-0.2, 0) is 16.9 Å². The molecule has 2 aromatic carbocycles. The Hall–Kier alpha value is -2.22. The van der Waals surface area contributed by atoms with E-state index < -0.39 is 17.7 Å². The van der Waals surface area contributed by atoms with Gasteiger partial charge >= 0.3 is 6.09 Å².